The fourth-order valence-corrected chi connectivity index (χ4v) is 2.48. The average molecular weight is 296 g/mol. The third-order valence-corrected chi connectivity index (χ3v) is 3.51. The zero-order chi connectivity index (χ0) is 14.4. The SMILES string of the molecule is CCCOCCC(NCC)c1cc2cccc(Cl)c2o1. The Balaban J connectivity index is 2.12. The molecule has 1 unspecified atom stereocenters. The van der Waals surface area contributed by atoms with Crippen LogP contribution in [-0.2, 0) is 4.74 Å². The number of furan rings is 1. The van der Waals surface area contributed by atoms with Gasteiger partial charge in [-0.3, -0.25) is 0 Å². The molecule has 0 fully saturated rings. The molecule has 1 heterocycles. The largest absolute Gasteiger partial charge is 0.458 e. The first-order chi connectivity index (χ1) is 9.76. The van der Waals surface area contributed by atoms with E-state index in [0.29, 0.717) is 5.02 Å². The van der Waals surface area contributed by atoms with Gasteiger partial charge in [-0.2, -0.15) is 0 Å². The van der Waals surface area contributed by atoms with Gasteiger partial charge in [0, 0.05) is 18.6 Å². The summed E-state index contributed by atoms with van der Waals surface area (Å²) in [6.45, 7) is 6.64. The lowest BCUT2D eigenvalue weighted by Crippen LogP contribution is -2.22. The zero-order valence-electron chi connectivity index (χ0n) is 12.1. The Labute approximate surface area is 125 Å². The standard InChI is InChI=1S/C16H22ClNO2/c1-3-9-19-10-8-14(18-4-2)15-11-12-6-5-7-13(17)16(12)20-15/h5-7,11,14,18H,3-4,8-10H2,1-2H3. The maximum atomic E-state index is 6.16. The van der Waals surface area contributed by atoms with Crippen molar-refractivity contribution in [1.29, 1.82) is 0 Å². The summed E-state index contributed by atoms with van der Waals surface area (Å²) < 4.78 is 11.5. The second-order valence-electron chi connectivity index (χ2n) is 4.82. The minimum absolute atomic E-state index is 0.167. The quantitative estimate of drug-likeness (QED) is 0.725. The number of halogens is 1. The summed E-state index contributed by atoms with van der Waals surface area (Å²) in [5.41, 5.74) is 0.765. The van der Waals surface area contributed by atoms with Gasteiger partial charge in [-0.1, -0.05) is 37.6 Å². The lowest BCUT2D eigenvalue weighted by atomic mass is 10.1. The smallest absolute Gasteiger partial charge is 0.152 e. The van der Waals surface area contributed by atoms with Crippen LogP contribution in [0, 0.1) is 0 Å². The van der Waals surface area contributed by atoms with Gasteiger partial charge in [0.2, 0.25) is 0 Å². The number of para-hydroxylation sites is 1. The summed E-state index contributed by atoms with van der Waals surface area (Å²) in [5.74, 6) is 0.926. The van der Waals surface area contributed by atoms with E-state index in [-0.39, 0.29) is 6.04 Å². The van der Waals surface area contributed by atoms with Gasteiger partial charge in [-0.25, -0.2) is 0 Å². The number of nitrogens with one attached hydrogen (secondary N) is 1. The second kappa shape index (κ2) is 7.67. The van der Waals surface area contributed by atoms with Crippen LogP contribution >= 0.6 is 11.6 Å². The molecule has 0 amide bonds. The predicted octanol–water partition coefficient (Wildman–Crippen LogP) is 4.55. The average Bonchev–Trinajstić information content (AvgIpc) is 2.88. The topological polar surface area (TPSA) is 34.4 Å². The van der Waals surface area contributed by atoms with Crippen LogP contribution in [0.3, 0.4) is 0 Å². The van der Waals surface area contributed by atoms with E-state index in [1.165, 1.54) is 0 Å². The summed E-state index contributed by atoms with van der Waals surface area (Å²) in [6, 6.07) is 8.04. The van der Waals surface area contributed by atoms with Crippen LogP contribution in [0.15, 0.2) is 28.7 Å². The van der Waals surface area contributed by atoms with Crippen molar-refractivity contribution in [1.82, 2.24) is 5.32 Å². The third kappa shape index (κ3) is 3.75. The predicted molar refractivity (Wildman–Crippen MR) is 83.4 cm³/mol. The molecule has 0 radical (unpaired) electrons. The Morgan fingerprint density at radius 3 is 2.85 bits per heavy atom. The van der Waals surface area contributed by atoms with E-state index >= 15 is 0 Å². The molecule has 0 bridgehead atoms. The Morgan fingerprint density at radius 1 is 1.30 bits per heavy atom. The van der Waals surface area contributed by atoms with Gasteiger partial charge >= 0.3 is 0 Å². The van der Waals surface area contributed by atoms with E-state index in [9.17, 15) is 0 Å². The fourth-order valence-electron chi connectivity index (χ4n) is 2.26. The molecule has 110 valence electrons. The van der Waals surface area contributed by atoms with Crippen molar-refractivity contribution in [3.05, 3.63) is 35.0 Å². The van der Waals surface area contributed by atoms with Gasteiger partial charge < -0.3 is 14.5 Å². The molecule has 2 aromatic rings. The van der Waals surface area contributed by atoms with E-state index < -0.39 is 0 Å². The molecule has 0 saturated heterocycles. The molecular formula is C16H22ClNO2. The molecule has 1 aromatic carbocycles. The van der Waals surface area contributed by atoms with Gasteiger partial charge in [0.15, 0.2) is 5.58 Å². The van der Waals surface area contributed by atoms with Crippen LogP contribution in [0.1, 0.15) is 38.5 Å². The molecule has 20 heavy (non-hydrogen) atoms. The summed E-state index contributed by atoms with van der Waals surface area (Å²) >= 11 is 6.16. The van der Waals surface area contributed by atoms with Gasteiger partial charge in [0.05, 0.1) is 11.1 Å². The first-order valence-electron chi connectivity index (χ1n) is 7.25. The monoisotopic (exact) mass is 295 g/mol. The number of fused-ring (bicyclic) bond motifs is 1. The zero-order valence-corrected chi connectivity index (χ0v) is 12.9. The highest BCUT2D eigenvalue weighted by atomic mass is 35.5. The normalized spacial score (nSPS) is 12.9. The van der Waals surface area contributed by atoms with Crippen LogP contribution in [0.4, 0.5) is 0 Å². The van der Waals surface area contributed by atoms with E-state index in [2.05, 4.69) is 25.2 Å². The van der Waals surface area contributed by atoms with Crippen LogP contribution < -0.4 is 5.32 Å². The van der Waals surface area contributed by atoms with Gasteiger partial charge in [-0.05, 0) is 31.5 Å². The van der Waals surface area contributed by atoms with Crippen molar-refractivity contribution in [2.45, 2.75) is 32.7 Å². The summed E-state index contributed by atoms with van der Waals surface area (Å²) in [5, 5.41) is 5.14. The fraction of sp³-hybridized carbons (Fsp3) is 0.500. The number of benzene rings is 1. The van der Waals surface area contributed by atoms with E-state index in [1.54, 1.807) is 0 Å². The molecule has 1 aromatic heterocycles. The van der Waals surface area contributed by atoms with Crippen LogP contribution in [0.5, 0.6) is 0 Å². The number of hydrogen-bond acceptors (Lipinski definition) is 3. The molecule has 2 rings (SSSR count). The Hall–Kier alpha value is -1.03. The third-order valence-electron chi connectivity index (χ3n) is 3.21. The van der Waals surface area contributed by atoms with E-state index in [4.69, 9.17) is 20.8 Å². The molecule has 0 aliphatic rings. The molecule has 3 nitrogen and oxygen atoms in total. The van der Waals surface area contributed by atoms with Gasteiger partial charge in [0.25, 0.3) is 0 Å². The summed E-state index contributed by atoms with van der Waals surface area (Å²) in [6.07, 6.45) is 1.94. The highest BCUT2D eigenvalue weighted by Gasteiger charge is 2.16. The summed E-state index contributed by atoms with van der Waals surface area (Å²) in [4.78, 5) is 0. The highest BCUT2D eigenvalue weighted by Crippen LogP contribution is 2.30. The molecular weight excluding hydrogens is 274 g/mol. The molecule has 0 aliphatic heterocycles. The van der Waals surface area contributed by atoms with Crippen molar-refractivity contribution < 1.29 is 9.15 Å². The molecule has 4 heteroatoms. The second-order valence-corrected chi connectivity index (χ2v) is 5.23. The van der Waals surface area contributed by atoms with Crippen molar-refractivity contribution in [2.75, 3.05) is 19.8 Å². The number of hydrogen-bond donors (Lipinski definition) is 1. The van der Waals surface area contributed by atoms with E-state index in [1.807, 2.05) is 18.2 Å². The van der Waals surface area contributed by atoms with Gasteiger partial charge in [0.1, 0.15) is 5.76 Å². The number of rotatable bonds is 8. The number of ether oxygens (including phenoxy) is 1. The molecule has 0 aliphatic carbocycles. The van der Waals surface area contributed by atoms with Crippen LogP contribution in [-0.4, -0.2) is 19.8 Å². The molecule has 1 N–H and O–H groups in total. The van der Waals surface area contributed by atoms with Crippen molar-refractivity contribution in [3.63, 3.8) is 0 Å². The Bertz CT molecular complexity index is 538. The minimum Gasteiger partial charge on any atom is -0.458 e. The first-order valence-corrected chi connectivity index (χ1v) is 7.63. The summed E-state index contributed by atoms with van der Waals surface area (Å²) in [7, 11) is 0. The van der Waals surface area contributed by atoms with Crippen LogP contribution in [0.25, 0.3) is 11.0 Å². The lowest BCUT2D eigenvalue weighted by molar-refractivity contribution is 0.122. The van der Waals surface area contributed by atoms with Gasteiger partial charge in [-0.15, -0.1) is 0 Å². The van der Waals surface area contributed by atoms with Crippen molar-refractivity contribution >= 4 is 22.6 Å². The van der Waals surface area contributed by atoms with Crippen molar-refractivity contribution in [2.24, 2.45) is 0 Å². The van der Waals surface area contributed by atoms with E-state index in [0.717, 1.165) is 49.3 Å². The first kappa shape index (κ1) is 15.4. The maximum Gasteiger partial charge on any atom is 0.152 e. The Kier molecular flexibility index (Phi) is 5.89. The van der Waals surface area contributed by atoms with Crippen molar-refractivity contribution in [3.8, 4) is 0 Å². The molecule has 0 spiro atoms. The maximum absolute atomic E-state index is 6.16. The van der Waals surface area contributed by atoms with Crippen LogP contribution in [0.2, 0.25) is 5.02 Å². The Morgan fingerprint density at radius 2 is 2.15 bits per heavy atom. The highest BCUT2D eigenvalue weighted by molar-refractivity contribution is 6.34. The lowest BCUT2D eigenvalue weighted by Gasteiger charge is -2.15. The molecule has 1 atom stereocenters. The molecule has 0 saturated carbocycles. The minimum atomic E-state index is 0.167.